The number of thiophene rings is 1. The summed E-state index contributed by atoms with van der Waals surface area (Å²) < 4.78 is 5.87. The molecule has 0 aliphatic rings. The number of anilines is 1. The van der Waals surface area contributed by atoms with Gasteiger partial charge >= 0.3 is 5.97 Å². The maximum Gasteiger partial charge on any atom is 0.350 e. The fourth-order valence-electron chi connectivity index (χ4n) is 3.07. The molecule has 1 heterocycles. The van der Waals surface area contributed by atoms with E-state index in [2.05, 4.69) is 28.1 Å². The number of hydrogen-bond acceptors (Lipinski definition) is 7. The van der Waals surface area contributed by atoms with Gasteiger partial charge < -0.3 is 9.64 Å². The second-order valence-electron chi connectivity index (χ2n) is 6.43. The number of azo groups is 1. The van der Waals surface area contributed by atoms with Gasteiger partial charge in [0.15, 0.2) is 0 Å². The number of esters is 1. The number of fused-ring (bicyclic) bond motifs is 1. The lowest BCUT2D eigenvalue weighted by atomic mass is 10.1. The van der Waals surface area contributed by atoms with Gasteiger partial charge in [0, 0.05) is 28.9 Å². The Bertz CT molecular complexity index is 1100. The largest absolute Gasteiger partial charge is 0.465 e. The zero-order valence-electron chi connectivity index (χ0n) is 16.7. The molecule has 1 aromatic heterocycles. The molecule has 0 bridgehead atoms. The van der Waals surface area contributed by atoms with E-state index in [9.17, 15) is 4.79 Å². The van der Waals surface area contributed by atoms with Gasteiger partial charge in [-0.3, -0.25) is 0 Å². The van der Waals surface area contributed by atoms with Crippen LogP contribution in [0.15, 0.2) is 52.7 Å². The minimum Gasteiger partial charge on any atom is -0.465 e. The summed E-state index contributed by atoms with van der Waals surface area (Å²) in [5.74, 6) is -0.414. The number of carbonyl (C=O) groups is 1. The fraction of sp³-hybridized carbons (Fsp3) is 0.273. The van der Waals surface area contributed by atoms with Crippen molar-refractivity contribution in [3.63, 3.8) is 0 Å². The van der Waals surface area contributed by atoms with Crippen LogP contribution in [-0.4, -0.2) is 26.2 Å². The molecule has 3 aromatic rings. The summed E-state index contributed by atoms with van der Waals surface area (Å²) in [7, 11) is 1.36. The molecule has 0 aliphatic heterocycles. The molecule has 0 saturated heterocycles. The summed E-state index contributed by atoms with van der Waals surface area (Å²) in [4.78, 5) is 14.8. The van der Waals surface area contributed by atoms with E-state index in [4.69, 9.17) is 10.00 Å². The van der Waals surface area contributed by atoms with Crippen LogP contribution in [0.5, 0.6) is 0 Å². The molecule has 29 heavy (non-hydrogen) atoms. The molecule has 7 heteroatoms. The molecule has 0 aliphatic carbocycles. The molecule has 0 saturated carbocycles. The zero-order valence-corrected chi connectivity index (χ0v) is 17.5. The van der Waals surface area contributed by atoms with E-state index in [-0.39, 0.29) is 0 Å². The molecular weight excluding hydrogens is 384 g/mol. The third-order valence-electron chi connectivity index (χ3n) is 4.62. The highest BCUT2D eigenvalue weighted by Crippen LogP contribution is 2.39. The lowest BCUT2D eigenvalue weighted by Crippen LogP contribution is -2.23. The van der Waals surface area contributed by atoms with Gasteiger partial charge in [-0.1, -0.05) is 18.2 Å². The average molecular weight is 407 g/mol. The van der Waals surface area contributed by atoms with Crippen LogP contribution >= 0.6 is 11.3 Å². The van der Waals surface area contributed by atoms with Crippen LogP contribution in [0.4, 0.5) is 17.1 Å². The van der Waals surface area contributed by atoms with Crippen molar-refractivity contribution in [3.8, 4) is 6.07 Å². The van der Waals surface area contributed by atoms with Gasteiger partial charge in [0.2, 0.25) is 0 Å². The number of ether oxygens (including phenoxy) is 1. The van der Waals surface area contributed by atoms with Crippen molar-refractivity contribution in [1.29, 1.82) is 5.26 Å². The number of nitriles is 1. The van der Waals surface area contributed by atoms with Crippen LogP contribution in [0.3, 0.4) is 0 Å². The summed E-state index contributed by atoms with van der Waals surface area (Å²) in [6, 6.07) is 15.8. The average Bonchev–Trinajstić information content (AvgIpc) is 3.11. The predicted molar refractivity (Wildman–Crippen MR) is 117 cm³/mol. The first-order valence-electron chi connectivity index (χ1n) is 9.33. The highest BCUT2D eigenvalue weighted by molar-refractivity contribution is 7.21. The predicted octanol–water partition coefficient (Wildman–Crippen LogP) is 6.15. The van der Waals surface area contributed by atoms with Crippen LogP contribution in [0.2, 0.25) is 0 Å². The number of hydrogen-bond donors (Lipinski definition) is 0. The number of carbonyl (C=O) groups excluding carboxylic acids is 1. The first kappa shape index (κ1) is 20.5. The van der Waals surface area contributed by atoms with Gasteiger partial charge in [0.1, 0.15) is 10.6 Å². The monoisotopic (exact) mass is 406 g/mol. The number of aryl methyl sites for hydroxylation is 1. The Morgan fingerprint density at radius 2 is 2.03 bits per heavy atom. The molecule has 0 N–H and O–H groups in total. The Hall–Kier alpha value is -3.24. The zero-order chi connectivity index (χ0) is 20.8. The first-order chi connectivity index (χ1) is 14.1. The first-order valence-corrected chi connectivity index (χ1v) is 10.1. The van der Waals surface area contributed by atoms with Crippen LogP contribution in [0, 0.1) is 18.3 Å². The topological polar surface area (TPSA) is 78.0 Å². The molecule has 0 fully saturated rings. The van der Waals surface area contributed by atoms with E-state index >= 15 is 0 Å². The minimum absolute atomic E-state index is 0.414. The van der Waals surface area contributed by atoms with E-state index in [0.717, 1.165) is 33.6 Å². The quantitative estimate of drug-likeness (QED) is 0.348. The molecule has 3 rings (SSSR count). The van der Waals surface area contributed by atoms with Gasteiger partial charge in [-0.05, 0) is 43.7 Å². The maximum atomic E-state index is 12.2. The Kier molecular flexibility index (Phi) is 6.57. The van der Waals surface area contributed by atoms with Crippen molar-refractivity contribution in [3.05, 3.63) is 52.9 Å². The smallest absolute Gasteiger partial charge is 0.350 e. The number of nitrogens with zero attached hydrogens (tertiary/aromatic N) is 4. The summed E-state index contributed by atoms with van der Waals surface area (Å²) in [6.07, 6.45) is 0.482. The molecule has 0 radical (unpaired) electrons. The van der Waals surface area contributed by atoms with Crippen LogP contribution in [-0.2, 0) is 4.74 Å². The molecule has 2 aromatic carbocycles. The third-order valence-corrected chi connectivity index (χ3v) is 5.76. The fourth-order valence-corrected chi connectivity index (χ4v) is 4.12. The standard InChI is InChI=1S/C22H22N4O2S/c1-4-26(13-7-12-23)16-10-11-18(15(2)14-16)24-25-20-17-8-5-6-9-19(17)29-21(20)22(27)28-3/h5-6,8-11,14H,4,7,13H2,1-3H3. The summed E-state index contributed by atoms with van der Waals surface area (Å²) in [5, 5.41) is 18.5. The summed E-state index contributed by atoms with van der Waals surface area (Å²) in [6.45, 7) is 5.56. The Morgan fingerprint density at radius 3 is 2.72 bits per heavy atom. The van der Waals surface area contributed by atoms with Crippen molar-refractivity contribution in [2.45, 2.75) is 20.3 Å². The van der Waals surface area contributed by atoms with E-state index in [1.165, 1.54) is 18.4 Å². The van der Waals surface area contributed by atoms with E-state index in [0.29, 0.717) is 23.5 Å². The lowest BCUT2D eigenvalue weighted by molar-refractivity contribution is 0.0607. The van der Waals surface area contributed by atoms with Crippen molar-refractivity contribution in [2.24, 2.45) is 10.2 Å². The highest BCUT2D eigenvalue weighted by atomic mass is 32.1. The second-order valence-corrected chi connectivity index (χ2v) is 7.48. The normalized spacial score (nSPS) is 11.0. The molecular formula is C22H22N4O2S. The number of rotatable bonds is 7. The molecule has 148 valence electrons. The Labute approximate surface area is 174 Å². The lowest BCUT2D eigenvalue weighted by Gasteiger charge is -2.22. The van der Waals surface area contributed by atoms with Gasteiger partial charge in [0.05, 0.1) is 25.3 Å². The third kappa shape index (κ3) is 4.44. The Morgan fingerprint density at radius 1 is 1.24 bits per heavy atom. The second kappa shape index (κ2) is 9.30. The molecule has 0 spiro atoms. The molecule has 0 unspecified atom stereocenters. The van der Waals surface area contributed by atoms with Crippen LogP contribution in [0.1, 0.15) is 28.6 Å². The van der Waals surface area contributed by atoms with Gasteiger partial charge in [0.25, 0.3) is 0 Å². The number of methoxy groups -OCH3 is 1. The Balaban J connectivity index is 1.94. The van der Waals surface area contributed by atoms with Crippen molar-refractivity contribution in [1.82, 2.24) is 0 Å². The van der Waals surface area contributed by atoms with E-state index < -0.39 is 5.97 Å². The van der Waals surface area contributed by atoms with Gasteiger partial charge in [-0.15, -0.1) is 16.5 Å². The van der Waals surface area contributed by atoms with Gasteiger partial charge in [-0.2, -0.15) is 10.4 Å². The van der Waals surface area contributed by atoms with Crippen LogP contribution in [0.25, 0.3) is 10.1 Å². The molecule has 6 nitrogen and oxygen atoms in total. The maximum absolute atomic E-state index is 12.2. The van der Waals surface area contributed by atoms with E-state index in [1.807, 2.05) is 49.4 Å². The minimum atomic E-state index is -0.414. The van der Waals surface area contributed by atoms with Crippen LogP contribution < -0.4 is 4.90 Å². The SMILES string of the molecule is CCN(CCC#N)c1ccc(N=Nc2c(C(=O)OC)sc3ccccc23)c(C)c1. The summed E-state index contributed by atoms with van der Waals surface area (Å²) >= 11 is 1.35. The van der Waals surface area contributed by atoms with Crippen molar-refractivity contribution in [2.75, 3.05) is 25.1 Å². The van der Waals surface area contributed by atoms with E-state index in [1.54, 1.807) is 0 Å². The highest BCUT2D eigenvalue weighted by Gasteiger charge is 2.19. The molecule has 0 amide bonds. The van der Waals surface area contributed by atoms with Crippen molar-refractivity contribution < 1.29 is 9.53 Å². The van der Waals surface area contributed by atoms with Crippen molar-refractivity contribution >= 4 is 44.5 Å². The summed E-state index contributed by atoms with van der Waals surface area (Å²) in [5.41, 5.74) is 3.29. The number of benzene rings is 2. The molecule has 0 atom stereocenters. The van der Waals surface area contributed by atoms with Gasteiger partial charge in [-0.25, -0.2) is 4.79 Å².